The molecule has 152 valence electrons. The predicted octanol–water partition coefficient (Wildman–Crippen LogP) is 5.36. The van der Waals surface area contributed by atoms with Crippen molar-refractivity contribution in [3.63, 3.8) is 0 Å². The number of carbonyl (C=O) groups excluding carboxylic acids is 1. The zero-order chi connectivity index (χ0) is 21.3. The molecule has 0 aliphatic carbocycles. The molecular formula is C26H25NO3. The van der Waals surface area contributed by atoms with Crippen LogP contribution in [0.4, 0.5) is 0 Å². The standard InChI is InChI=1S/C26H25NO3/c1-17-7-11-20(12-8-17)23-24(21-13-9-18(2)10-14-21)27(26(29)25(23)28)16-19-5-4-6-22(15-19)30-3/h4-15,24,28H,16H2,1-3H3. The molecular weight excluding hydrogens is 374 g/mol. The molecule has 4 rings (SSSR count). The van der Waals surface area contributed by atoms with Crippen molar-refractivity contribution in [1.82, 2.24) is 4.90 Å². The monoisotopic (exact) mass is 399 g/mol. The molecule has 1 aliphatic rings. The van der Waals surface area contributed by atoms with Crippen LogP contribution in [0, 0.1) is 13.8 Å². The number of methoxy groups -OCH3 is 1. The van der Waals surface area contributed by atoms with Gasteiger partial charge in [0.05, 0.1) is 13.2 Å². The van der Waals surface area contributed by atoms with Gasteiger partial charge in [-0.05, 0) is 42.7 Å². The van der Waals surface area contributed by atoms with Gasteiger partial charge >= 0.3 is 0 Å². The van der Waals surface area contributed by atoms with Gasteiger partial charge in [0.2, 0.25) is 0 Å². The third-order valence-corrected chi connectivity index (χ3v) is 5.55. The Morgan fingerprint density at radius 3 is 2.20 bits per heavy atom. The third-order valence-electron chi connectivity index (χ3n) is 5.55. The van der Waals surface area contributed by atoms with Gasteiger partial charge in [0.15, 0.2) is 5.76 Å². The second-order valence-electron chi connectivity index (χ2n) is 7.73. The molecule has 0 spiro atoms. The molecule has 1 amide bonds. The highest BCUT2D eigenvalue weighted by Crippen LogP contribution is 2.43. The minimum atomic E-state index is -0.369. The Morgan fingerprint density at radius 1 is 0.933 bits per heavy atom. The first kappa shape index (κ1) is 19.8. The lowest BCUT2D eigenvalue weighted by molar-refractivity contribution is -0.130. The van der Waals surface area contributed by atoms with Crippen molar-refractivity contribution in [1.29, 1.82) is 0 Å². The van der Waals surface area contributed by atoms with Gasteiger partial charge in [-0.25, -0.2) is 0 Å². The molecule has 0 bridgehead atoms. The first-order valence-electron chi connectivity index (χ1n) is 9.98. The molecule has 3 aromatic rings. The van der Waals surface area contributed by atoms with E-state index in [1.165, 1.54) is 0 Å². The average Bonchev–Trinajstić information content (AvgIpc) is 3.00. The van der Waals surface area contributed by atoms with Crippen LogP contribution in [0.1, 0.15) is 33.9 Å². The summed E-state index contributed by atoms with van der Waals surface area (Å²) in [5, 5.41) is 10.9. The van der Waals surface area contributed by atoms with E-state index in [-0.39, 0.29) is 17.7 Å². The minimum absolute atomic E-state index is 0.188. The molecule has 1 N–H and O–H groups in total. The number of ether oxygens (including phenoxy) is 1. The van der Waals surface area contributed by atoms with Crippen molar-refractivity contribution in [2.45, 2.75) is 26.4 Å². The number of aryl methyl sites for hydroxylation is 2. The van der Waals surface area contributed by atoms with Crippen LogP contribution in [0.3, 0.4) is 0 Å². The van der Waals surface area contributed by atoms with Crippen molar-refractivity contribution < 1.29 is 14.6 Å². The molecule has 3 aromatic carbocycles. The number of rotatable bonds is 5. The second-order valence-corrected chi connectivity index (χ2v) is 7.73. The lowest BCUT2D eigenvalue weighted by Crippen LogP contribution is -2.29. The summed E-state index contributed by atoms with van der Waals surface area (Å²) in [5.74, 6) is 0.188. The fraction of sp³-hybridized carbons (Fsp3) is 0.192. The number of nitrogens with zero attached hydrogens (tertiary/aromatic N) is 1. The van der Waals surface area contributed by atoms with Gasteiger partial charge in [0.1, 0.15) is 5.75 Å². The maximum atomic E-state index is 13.2. The molecule has 0 fully saturated rings. The SMILES string of the molecule is COc1cccc(CN2C(=O)C(O)=C(c3ccc(C)cc3)C2c2ccc(C)cc2)c1. The number of aliphatic hydroxyl groups excluding tert-OH is 1. The highest BCUT2D eigenvalue weighted by molar-refractivity contribution is 6.05. The highest BCUT2D eigenvalue weighted by Gasteiger charge is 2.40. The van der Waals surface area contributed by atoms with E-state index in [1.54, 1.807) is 12.0 Å². The molecule has 1 heterocycles. The lowest BCUT2D eigenvalue weighted by Gasteiger charge is -2.28. The quantitative estimate of drug-likeness (QED) is 0.628. The van der Waals surface area contributed by atoms with Crippen LogP contribution in [0.15, 0.2) is 78.6 Å². The summed E-state index contributed by atoms with van der Waals surface area (Å²) < 4.78 is 5.33. The van der Waals surface area contributed by atoms with Gasteiger partial charge in [0.25, 0.3) is 5.91 Å². The number of benzene rings is 3. The van der Waals surface area contributed by atoms with E-state index in [1.807, 2.05) is 86.6 Å². The van der Waals surface area contributed by atoms with Crippen LogP contribution < -0.4 is 4.74 Å². The number of carbonyl (C=O) groups is 1. The molecule has 1 atom stereocenters. The van der Waals surface area contributed by atoms with Gasteiger partial charge in [-0.15, -0.1) is 0 Å². The topological polar surface area (TPSA) is 49.8 Å². The Morgan fingerprint density at radius 2 is 1.57 bits per heavy atom. The van der Waals surface area contributed by atoms with Gasteiger partial charge in [-0.3, -0.25) is 4.79 Å². The van der Waals surface area contributed by atoms with E-state index >= 15 is 0 Å². The van der Waals surface area contributed by atoms with Gasteiger partial charge in [-0.2, -0.15) is 0 Å². The summed E-state index contributed by atoms with van der Waals surface area (Å²) >= 11 is 0. The van der Waals surface area contributed by atoms with Gasteiger partial charge in [-0.1, -0.05) is 71.8 Å². The maximum absolute atomic E-state index is 13.2. The Kier molecular flexibility index (Phi) is 5.32. The first-order chi connectivity index (χ1) is 14.5. The third kappa shape index (κ3) is 3.69. The molecule has 1 unspecified atom stereocenters. The number of amides is 1. The highest BCUT2D eigenvalue weighted by atomic mass is 16.5. The van der Waals surface area contributed by atoms with Gasteiger partial charge < -0.3 is 14.7 Å². The van der Waals surface area contributed by atoms with Crippen molar-refractivity contribution in [2.24, 2.45) is 0 Å². The Labute approximate surface area is 177 Å². The number of hydrogen-bond donors (Lipinski definition) is 1. The molecule has 4 nitrogen and oxygen atoms in total. The fourth-order valence-electron chi connectivity index (χ4n) is 3.91. The van der Waals surface area contributed by atoms with E-state index in [4.69, 9.17) is 4.74 Å². The Hall–Kier alpha value is -3.53. The molecule has 0 aromatic heterocycles. The summed E-state index contributed by atoms with van der Waals surface area (Å²) in [6.07, 6.45) is 0. The normalized spacial score (nSPS) is 16.3. The number of aliphatic hydroxyl groups is 1. The largest absolute Gasteiger partial charge is 0.503 e. The molecule has 0 radical (unpaired) electrons. The second kappa shape index (κ2) is 8.07. The van der Waals surface area contributed by atoms with E-state index in [0.717, 1.165) is 33.6 Å². The number of hydrogen-bond acceptors (Lipinski definition) is 3. The zero-order valence-electron chi connectivity index (χ0n) is 17.4. The summed E-state index contributed by atoms with van der Waals surface area (Å²) in [6.45, 7) is 4.42. The van der Waals surface area contributed by atoms with Gasteiger partial charge in [0, 0.05) is 12.1 Å². The summed E-state index contributed by atoms with van der Waals surface area (Å²) in [5.41, 5.74) is 5.68. The van der Waals surface area contributed by atoms with Crippen molar-refractivity contribution in [3.8, 4) is 5.75 Å². The van der Waals surface area contributed by atoms with E-state index in [0.29, 0.717) is 12.1 Å². The molecule has 4 heteroatoms. The molecule has 1 aliphatic heterocycles. The van der Waals surface area contributed by atoms with Crippen molar-refractivity contribution >= 4 is 11.5 Å². The Balaban J connectivity index is 1.79. The molecule has 30 heavy (non-hydrogen) atoms. The van der Waals surface area contributed by atoms with Crippen molar-refractivity contribution in [3.05, 3.63) is 106 Å². The first-order valence-corrected chi connectivity index (χ1v) is 9.98. The summed E-state index contributed by atoms with van der Waals surface area (Å²) in [7, 11) is 1.62. The molecule has 0 saturated carbocycles. The predicted molar refractivity (Wildman–Crippen MR) is 118 cm³/mol. The fourth-order valence-corrected chi connectivity index (χ4v) is 3.91. The van der Waals surface area contributed by atoms with Crippen molar-refractivity contribution in [2.75, 3.05) is 7.11 Å². The Bertz CT molecular complexity index is 1100. The summed E-state index contributed by atoms with van der Waals surface area (Å²) in [4.78, 5) is 14.9. The minimum Gasteiger partial charge on any atom is -0.503 e. The average molecular weight is 399 g/mol. The lowest BCUT2D eigenvalue weighted by atomic mass is 9.92. The summed E-state index contributed by atoms with van der Waals surface area (Å²) in [6, 6.07) is 23.3. The van der Waals surface area contributed by atoms with E-state index in [9.17, 15) is 9.90 Å². The zero-order valence-corrected chi connectivity index (χ0v) is 17.4. The maximum Gasteiger partial charge on any atom is 0.290 e. The van der Waals surface area contributed by atoms with E-state index < -0.39 is 0 Å². The van der Waals surface area contributed by atoms with Crippen LogP contribution in [0.5, 0.6) is 5.75 Å². The van der Waals surface area contributed by atoms with Crippen LogP contribution in [0.25, 0.3) is 5.57 Å². The van der Waals surface area contributed by atoms with Crippen LogP contribution in [-0.2, 0) is 11.3 Å². The molecule has 0 saturated heterocycles. The van der Waals surface area contributed by atoms with E-state index in [2.05, 4.69) is 0 Å². The van der Waals surface area contributed by atoms with Crippen LogP contribution in [-0.4, -0.2) is 23.0 Å². The smallest absolute Gasteiger partial charge is 0.290 e. The van der Waals surface area contributed by atoms with Crippen LogP contribution in [0.2, 0.25) is 0 Å². The van der Waals surface area contributed by atoms with Crippen LogP contribution >= 0.6 is 0 Å².